The molecule has 2 aromatic rings. The molecule has 0 aromatic heterocycles. The molecule has 0 heterocycles. The van der Waals surface area contributed by atoms with Gasteiger partial charge >= 0.3 is 0 Å². The zero-order valence-corrected chi connectivity index (χ0v) is 11.0. The third kappa shape index (κ3) is 4.46. The van der Waals surface area contributed by atoms with Crippen molar-refractivity contribution in [1.82, 2.24) is 0 Å². The fraction of sp³-hybridized carbons (Fsp3) is 0.0769. The molecule has 0 saturated heterocycles. The highest BCUT2D eigenvalue weighted by Crippen LogP contribution is 2.24. The molecule has 0 bridgehead atoms. The molecule has 5 nitrogen and oxygen atoms in total. The molecule has 0 aliphatic rings. The number of hydrogen-bond donors (Lipinski definition) is 1. The Balaban J connectivity index is 2.00. The molecule has 0 amide bonds. The van der Waals surface area contributed by atoms with Crippen molar-refractivity contribution in [3.8, 4) is 0 Å². The minimum atomic E-state index is 0.731. The number of nitrogens with zero attached hydrogens (tertiary/aromatic N) is 2. The minimum absolute atomic E-state index is 0.731. The van der Waals surface area contributed by atoms with Crippen molar-refractivity contribution in [2.75, 3.05) is 0 Å². The summed E-state index contributed by atoms with van der Waals surface area (Å²) in [5.74, 6) is 0. The summed E-state index contributed by atoms with van der Waals surface area (Å²) in [6.07, 6.45) is 0. The van der Waals surface area contributed by atoms with Crippen LogP contribution < -0.4 is 0 Å². The molecule has 0 atom stereocenters. The number of rotatable bonds is 5. The molecule has 0 radical (unpaired) electrons. The predicted molar refractivity (Wildman–Crippen MR) is 72.5 cm³/mol. The molecule has 98 valence electrons. The number of aryl methyl sites for hydroxylation is 1. The maximum Gasteiger partial charge on any atom is 0.0857 e. The normalized spacial score (nSPS) is 11.1. The fourth-order valence-corrected chi connectivity index (χ4v) is 1.71. The Bertz CT molecular complexity index is 541. The molecular formula is C13H12N2O3S. The van der Waals surface area contributed by atoms with Crippen LogP contribution in [0.1, 0.15) is 5.56 Å². The summed E-state index contributed by atoms with van der Waals surface area (Å²) in [7, 11) is 0. The van der Waals surface area contributed by atoms with Gasteiger partial charge in [-0.1, -0.05) is 22.7 Å². The van der Waals surface area contributed by atoms with Crippen molar-refractivity contribution in [3.63, 3.8) is 0 Å². The zero-order valence-electron chi connectivity index (χ0n) is 10.2. The molecule has 1 N–H and O–H groups in total. The monoisotopic (exact) mass is 276 g/mol. The van der Waals surface area contributed by atoms with E-state index in [1.807, 2.05) is 31.2 Å². The van der Waals surface area contributed by atoms with Gasteiger partial charge in [-0.2, -0.15) is 10.2 Å². The summed E-state index contributed by atoms with van der Waals surface area (Å²) in [5.41, 5.74) is 2.72. The van der Waals surface area contributed by atoms with Gasteiger partial charge < -0.3 is 0 Å². The van der Waals surface area contributed by atoms with Crippen molar-refractivity contribution in [3.05, 3.63) is 54.1 Å². The predicted octanol–water partition coefficient (Wildman–Crippen LogP) is 4.84. The van der Waals surface area contributed by atoms with Crippen LogP contribution in [0.25, 0.3) is 0 Å². The fourth-order valence-electron chi connectivity index (χ4n) is 1.35. The average Bonchev–Trinajstić information content (AvgIpc) is 2.46. The third-order valence-electron chi connectivity index (χ3n) is 2.31. The van der Waals surface area contributed by atoms with Crippen LogP contribution in [-0.4, -0.2) is 5.26 Å². The molecule has 6 heteroatoms. The Kier molecular flexibility index (Phi) is 5.05. The first-order chi connectivity index (χ1) is 9.28. The van der Waals surface area contributed by atoms with Crippen LogP contribution in [0.15, 0.2) is 63.7 Å². The molecule has 0 aliphatic carbocycles. The van der Waals surface area contributed by atoms with Gasteiger partial charge in [0.2, 0.25) is 0 Å². The highest BCUT2D eigenvalue weighted by atomic mass is 32.2. The van der Waals surface area contributed by atoms with Crippen LogP contribution in [0.3, 0.4) is 0 Å². The van der Waals surface area contributed by atoms with E-state index in [-0.39, 0.29) is 0 Å². The number of benzene rings is 2. The van der Waals surface area contributed by atoms with Crippen LogP contribution in [0, 0.1) is 6.92 Å². The quantitative estimate of drug-likeness (QED) is 0.367. The maximum atomic E-state index is 8.04. The van der Waals surface area contributed by atoms with Gasteiger partial charge in [-0.3, -0.25) is 0 Å². The first-order valence-electron chi connectivity index (χ1n) is 5.51. The van der Waals surface area contributed by atoms with Crippen molar-refractivity contribution in [2.45, 2.75) is 11.8 Å². The van der Waals surface area contributed by atoms with Gasteiger partial charge in [0.1, 0.15) is 0 Å². The summed E-state index contributed by atoms with van der Waals surface area (Å²) in [4.78, 5) is 0.781. The van der Waals surface area contributed by atoms with Crippen molar-refractivity contribution >= 4 is 23.4 Å². The SMILES string of the molecule is Cc1ccc(N=Nc2ccc(SOOO)cc2)cc1. The number of hydrogen-bond acceptors (Lipinski definition) is 6. The first-order valence-corrected chi connectivity index (χ1v) is 6.25. The minimum Gasteiger partial charge on any atom is -0.220 e. The van der Waals surface area contributed by atoms with E-state index in [1.165, 1.54) is 5.56 Å². The standard InChI is InChI=1S/C13H12N2O3S/c1-10-2-4-11(5-3-10)14-15-12-6-8-13(9-7-12)19-18-17-16/h2-9,16H,1H3. The van der Waals surface area contributed by atoms with E-state index >= 15 is 0 Å². The lowest BCUT2D eigenvalue weighted by atomic mass is 10.2. The summed E-state index contributed by atoms with van der Waals surface area (Å²) < 4.78 is 4.32. The molecule has 0 fully saturated rings. The van der Waals surface area contributed by atoms with Crippen molar-refractivity contribution < 1.29 is 14.6 Å². The summed E-state index contributed by atoms with van der Waals surface area (Å²) in [6, 6.07) is 15.0. The van der Waals surface area contributed by atoms with E-state index in [0.717, 1.165) is 28.3 Å². The maximum absolute atomic E-state index is 8.04. The van der Waals surface area contributed by atoms with E-state index in [0.29, 0.717) is 0 Å². The third-order valence-corrected chi connectivity index (χ3v) is 2.91. The lowest BCUT2D eigenvalue weighted by molar-refractivity contribution is -0.432. The van der Waals surface area contributed by atoms with Gasteiger partial charge in [-0.05, 0) is 43.3 Å². The van der Waals surface area contributed by atoms with E-state index in [9.17, 15) is 0 Å². The molecular weight excluding hydrogens is 264 g/mol. The van der Waals surface area contributed by atoms with E-state index in [1.54, 1.807) is 24.3 Å². The Labute approximate surface area is 115 Å². The molecule has 0 spiro atoms. The van der Waals surface area contributed by atoms with Crippen LogP contribution in [-0.2, 0) is 9.37 Å². The van der Waals surface area contributed by atoms with Crippen LogP contribution in [0.4, 0.5) is 11.4 Å². The highest BCUT2D eigenvalue weighted by Gasteiger charge is 1.96. The molecule has 2 aromatic carbocycles. The smallest absolute Gasteiger partial charge is 0.0857 e. The zero-order chi connectivity index (χ0) is 13.5. The number of azo groups is 1. The topological polar surface area (TPSA) is 63.4 Å². The van der Waals surface area contributed by atoms with E-state index in [4.69, 9.17) is 5.26 Å². The van der Waals surface area contributed by atoms with Gasteiger partial charge in [0.25, 0.3) is 0 Å². The van der Waals surface area contributed by atoms with Gasteiger partial charge in [0, 0.05) is 4.90 Å². The second kappa shape index (κ2) is 7.01. The Hall–Kier alpha value is -1.73. The Morgan fingerprint density at radius 2 is 1.42 bits per heavy atom. The highest BCUT2D eigenvalue weighted by molar-refractivity contribution is 7.94. The van der Waals surface area contributed by atoms with Gasteiger partial charge in [-0.15, -0.1) is 4.33 Å². The first kappa shape index (κ1) is 13.7. The molecule has 0 unspecified atom stereocenters. The van der Waals surface area contributed by atoms with Gasteiger partial charge in [0.05, 0.1) is 23.4 Å². The molecule has 2 rings (SSSR count). The van der Waals surface area contributed by atoms with E-state index < -0.39 is 0 Å². The Morgan fingerprint density at radius 3 is 1.95 bits per heavy atom. The average molecular weight is 276 g/mol. The molecule has 0 saturated carbocycles. The van der Waals surface area contributed by atoms with E-state index in [2.05, 4.69) is 19.6 Å². The van der Waals surface area contributed by atoms with Crippen LogP contribution >= 0.6 is 12.0 Å². The Morgan fingerprint density at radius 1 is 0.895 bits per heavy atom. The molecule has 0 aliphatic heterocycles. The lowest BCUT2D eigenvalue weighted by Crippen LogP contribution is -1.77. The summed E-state index contributed by atoms with van der Waals surface area (Å²) >= 11 is 0.901. The second-order valence-corrected chi connectivity index (χ2v) is 4.53. The van der Waals surface area contributed by atoms with Crippen LogP contribution in [0.5, 0.6) is 0 Å². The lowest BCUT2D eigenvalue weighted by Gasteiger charge is -1.98. The summed E-state index contributed by atoms with van der Waals surface area (Å²) in [5, 5.41) is 19.8. The molecule has 19 heavy (non-hydrogen) atoms. The largest absolute Gasteiger partial charge is 0.220 e. The van der Waals surface area contributed by atoms with Crippen LogP contribution in [0.2, 0.25) is 0 Å². The van der Waals surface area contributed by atoms with Crippen molar-refractivity contribution in [2.24, 2.45) is 10.2 Å². The summed E-state index contributed by atoms with van der Waals surface area (Å²) in [6.45, 7) is 2.02. The van der Waals surface area contributed by atoms with Gasteiger partial charge in [0.15, 0.2) is 0 Å². The van der Waals surface area contributed by atoms with Crippen molar-refractivity contribution in [1.29, 1.82) is 0 Å². The van der Waals surface area contributed by atoms with Gasteiger partial charge in [-0.25, -0.2) is 5.26 Å². The second-order valence-electron chi connectivity index (χ2n) is 3.76.